The number of fused-ring (bicyclic) bond motifs is 6. The molecular weight excluding hydrogens is 444 g/mol. The average molecular weight is 471 g/mol. The van der Waals surface area contributed by atoms with Crippen LogP contribution < -0.4 is 11.3 Å². The highest BCUT2D eigenvalue weighted by atomic mass is 16.4. The number of aliphatic hydroxyl groups excluding tert-OH is 1. The molecule has 0 saturated heterocycles. The number of hydrogen-bond donors (Lipinski definition) is 1. The van der Waals surface area contributed by atoms with Gasteiger partial charge in [0.05, 0.1) is 0 Å². The zero-order chi connectivity index (χ0) is 24.1. The fourth-order valence-electron chi connectivity index (χ4n) is 5.93. The molecular formula is C29H26O6. The number of ketones is 1. The lowest BCUT2D eigenvalue weighted by atomic mass is 9.86. The molecule has 6 heteroatoms. The number of carbonyl (C=O) groups is 1. The van der Waals surface area contributed by atoms with Crippen LogP contribution in [0.5, 0.6) is 0 Å². The molecule has 1 unspecified atom stereocenters. The van der Waals surface area contributed by atoms with Gasteiger partial charge in [0.2, 0.25) is 0 Å². The van der Waals surface area contributed by atoms with Gasteiger partial charge in [-0.05, 0) is 85.8 Å². The van der Waals surface area contributed by atoms with Crippen molar-refractivity contribution >= 4 is 27.7 Å². The molecule has 0 radical (unpaired) electrons. The van der Waals surface area contributed by atoms with Gasteiger partial charge in [0.1, 0.15) is 17.3 Å². The van der Waals surface area contributed by atoms with E-state index in [1.165, 1.54) is 0 Å². The summed E-state index contributed by atoms with van der Waals surface area (Å²) in [6.45, 7) is 0. The van der Waals surface area contributed by atoms with Gasteiger partial charge in [0.15, 0.2) is 5.78 Å². The minimum Gasteiger partial charge on any atom is -0.423 e. The van der Waals surface area contributed by atoms with Gasteiger partial charge in [-0.2, -0.15) is 0 Å². The largest absolute Gasteiger partial charge is 0.423 e. The molecule has 2 heterocycles. The zero-order valence-electron chi connectivity index (χ0n) is 19.4. The van der Waals surface area contributed by atoms with Gasteiger partial charge in [-0.3, -0.25) is 4.79 Å². The van der Waals surface area contributed by atoms with Crippen LogP contribution in [0.15, 0.2) is 54.8 Å². The lowest BCUT2D eigenvalue weighted by Crippen LogP contribution is -2.20. The second-order valence-corrected chi connectivity index (χ2v) is 9.66. The molecule has 1 N–H and O–H groups in total. The van der Waals surface area contributed by atoms with Gasteiger partial charge in [0, 0.05) is 28.3 Å². The minimum atomic E-state index is -1.36. The first kappa shape index (κ1) is 22.0. The second kappa shape index (κ2) is 8.61. The molecule has 6 nitrogen and oxygen atoms in total. The average Bonchev–Trinajstić information content (AvgIpc) is 2.88. The molecule has 0 aliphatic heterocycles. The first-order valence-electron chi connectivity index (χ1n) is 12.4. The highest BCUT2D eigenvalue weighted by Gasteiger charge is 2.27. The Labute approximate surface area is 201 Å². The lowest BCUT2D eigenvalue weighted by Gasteiger charge is -2.20. The molecule has 2 aromatic heterocycles. The molecule has 2 aliphatic rings. The maximum Gasteiger partial charge on any atom is 0.339 e. The predicted octanol–water partition coefficient (Wildman–Crippen LogP) is 4.50. The van der Waals surface area contributed by atoms with Gasteiger partial charge in [-0.15, -0.1) is 0 Å². The van der Waals surface area contributed by atoms with Gasteiger partial charge in [-0.25, -0.2) is 9.59 Å². The normalized spacial score (nSPS) is 16.1. The van der Waals surface area contributed by atoms with Crippen LogP contribution in [0.25, 0.3) is 21.9 Å². The van der Waals surface area contributed by atoms with E-state index >= 15 is 0 Å². The SMILES string of the molecule is O=C(Cc1cccc2oc(=O)c3c(c12)CCCC3)C(O)c1cccc2oc(=O)c3c(c12)CCCC3. The van der Waals surface area contributed by atoms with Gasteiger partial charge in [-0.1, -0.05) is 24.3 Å². The summed E-state index contributed by atoms with van der Waals surface area (Å²) in [7, 11) is 0. The Morgan fingerprint density at radius 3 is 1.89 bits per heavy atom. The molecule has 6 rings (SSSR count). The van der Waals surface area contributed by atoms with E-state index in [1.54, 1.807) is 30.3 Å². The van der Waals surface area contributed by atoms with Crippen LogP contribution in [0.3, 0.4) is 0 Å². The number of benzene rings is 2. The third-order valence-electron chi connectivity index (χ3n) is 7.57. The van der Waals surface area contributed by atoms with Gasteiger partial charge < -0.3 is 13.9 Å². The Balaban J connectivity index is 1.43. The van der Waals surface area contributed by atoms with Crippen molar-refractivity contribution in [2.24, 2.45) is 0 Å². The molecule has 35 heavy (non-hydrogen) atoms. The molecule has 2 aromatic carbocycles. The van der Waals surface area contributed by atoms with Crippen molar-refractivity contribution in [1.82, 2.24) is 0 Å². The van der Waals surface area contributed by atoms with Crippen LogP contribution in [-0.2, 0) is 36.9 Å². The Bertz CT molecular complexity index is 1610. The monoisotopic (exact) mass is 470 g/mol. The second-order valence-electron chi connectivity index (χ2n) is 9.66. The van der Waals surface area contributed by atoms with E-state index in [1.807, 2.05) is 6.07 Å². The molecule has 178 valence electrons. The van der Waals surface area contributed by atoms with Crippen LogP contribution >= 0.6 is 0 Å². The maximum absolute atomic E-state index is 13.4. The van der Waals surface area contributed by atoms with E-state index in [0.717, 1.165) is 60.6 Å². The highest BCUT2D eigenvalue weighted by molar-refractivity contribution is 5.96. The van der Waals surface area contributed by atoms with Crippen molar-refractivity contribution in [1.29, 1.82) is 0 Å². The number of rotatable bonds is 4. The number of hydrogen-bond acceptors (Lipinski definition) is 6. The van der Waals surface area contributed by atoms with Crippen molar-refractivity contribution in [3.8, 4) is 0 Å². The van der Waals surface area contributed by atoms with E-state index in [9.17, 15) is 19.5 Å². The highest BCUT2D eigenvalue weighted by Crippen LogP contribution is 2.34. The molecule has 0 fully saturated rings. The summed E-state index contributed by atoms with van der Waals surface area (Å²) in [5.41, 5.74) is 4.73. The molecule has 1 atom stereocenters. The van der Waals surface area contributed by atoms with E-state index in [0.29, 0.717) is 46.1 Å². The minimum absolute atomic E-state index is 0.00797. The van der Waals surface area contributed by atoms with Gasteiger partial charge in [0.25, 0.3) is 0 Å². The molecule has 0 spiro atoms. The van der Waals surface area contributed by atoms with Crippen LogP contribution in [0.4, 0.5) is 0 Å². The first-order valence-corrected chi connectivity index (χ1v) is 12.4. The number of carbonyl (C=O) groups excluding carboxylic acids is 1. The molecule has 4 aromatic rings. The Morgan fingerprint density at radius 2 is 1.26 bits per heavy atom. The standard InChI is InChI=1S/C29H26O6/c30-22(15-16-7-5-13-23-25(16)17-8-1-3-10-19(17)28(32)34-23)27(31)21-12-6-14-24-26(21)18-9-2-4-11-20(18)29(33)35-24/h5-7,12-14,27,31H,1-4,8-11,15H2. The topological polar surface area (TPSA) is 97.7 Å². The van der Waals surface area contributed by atoms with Crippen molar-refractivity contribution in [2.45, 2.75) is 63.9 Å². The Morgan fingerprint density at radius 1 is 0.743 bits per heavy atom. The summed E-state index contributed by atoms with van der Waals surface area (Å²) in [6.07, 6.45) is 5.30. The zero-order valence-corrected chi connectivity index (χ0v) is 19.4. The fourth-order valence-corrected chi connectivity index (χ4v) is 5.93. The molecule has 0 bridgehead atoms. The smallest absolute Gasteiger partial charge is 0.339 e. The summed E-state index contributed by atoms with van der Waals surface area (Å²) < 4.78 is 11.1. The van der Waals surface area contributed by atoms with Crippen LogP contribution in [0, 0.1) is 0 Å². The molecule has 0 saturated carbocycles. The lowest BCUT2D eigenvalue weighted by molar-refractivity contribution is -0.126. The van der Waals surface area contributed by atoms with Crippen molar-refractivity contribution in [3.05, 3.63) is 90.6 Å². The quantitative estimate of drug-likeness (QED) is 0.441. The molecule has 0 amide bonds. The van der Waals surface area contributed by atoms with Crippen molar-refractivity contribution in [3.63, 3.8) is 0 Å². The third kappa shape index (κ3) is 3.64. The summed E-state index contributed by atoms with van der Waals surface area (Å²) in [5.74, 6) is -0.350. The number of Topliss-reactive ketones (excluding diaryl/α,β-unsaturated/α-hetero) is 1. The Kier molecular flexibility index (Phi) is 5.41. The maximum atomic E-state index is 13.4. The van der Waals surface area contributed by atoms with Crippen LogP contribution in [-0.4, -0.2) is 10.9 Å². The Hall–Kier alpha value is -3.51. The number of aliphatic hydroxyl groups is 1. The predicted molar refractivity (Wildman–Crippen MR) is 132 cm³/mol. The first-order chi connectivity index (χ1) is 17.0. The summed E-state index contributed by atoms with van der Waals surface area (Å²) in [4.78, 5) is 38.4. The van der Waals surface area contributed by atoms with Gasteiger partial charge >= 0.3 is 11.3 Å². The van der Waals surface area contributed by atoms with Crippen LogP contribution in [0.2, 0.25) is 0 Å². The third-order valence-corrected chi connectivity index (χ3v) is 7.57. The summed E-state index contributed by atoms with van der Waals surface area (Å²) >= 11 is 0. The number of aryl methyl sites for hydroxylation is 2. The van der Waals surface area contributed by atoms with E-state index in [2.05, 4.69) is 0 Å². The van der Waals surface area contributed by atoms with E-state index in [-0.39, 0.29) is 23.5 Å². The van der Waals surface area contributed by atoms with Crippen molar-refractivity contribution < 1.29 is 18.7 Å². The summed E-state index contributed by atoms with van der Waals surface area (Å²) in [5, 5.41) is 12.7. The van der Waals surface area contributed by atoms with E-state index < -0.39 is 6.10 Å². The van der Waals surface area contributed by atoms with Crippen LogP contribution in [0.1, 0.15) is 65.2 Å². The van der Waals surface area contributed by atoms with E-state index in [4.69, 9.17) is 8.83 Å². The summed E-state index contributed by atoms with van der Waals surface area (Å²) in [6, 6.07) is 10.6. The molecule has 2 aliphatic carbocycles. The van der Waals surface area contributed by atoms with Crippen molar-refractivity contribution in [2.75, 3.05) is 0 Å². The fraction of sp³-hybridized carbons (Fsp3) is 0.345.